The molecule has 1 aliphatic heterocycles. The standard InChI is InChI=1S/C23H23N3O5S2/c1-31-20-9-5-4-8-19(20)26-23(28)17-12-22(25-18-7-3-2-6-16(17)18)32-13-21(27)24-15-10-11-33(29,30)14-15/h2-9,12,15H,10-11,13-14H2,1H3,(H,24,27)(H,26,28)/t15-/m1/s1. The van der Waals surface area contributed by atoms with E-state index in [1.54, 1.807) is 24.3 Å². The first kappa shape index (κ1) is 23.1. The summed E-state index contributed by atoms with van der Waals surface area (Å²) in [5.41, 5.74) is 1.61. The van der Waals surface area contributed by atoms with Crippen LogP contribution in [0.25, 0.3) is 10.9 Å². The number of anilines is 1. The molecule has 1 fully saturated rings. The number of amides is 2. The summed E-state index contributed by atoms with van der Waals surface area (Å²) in [7, 11) is -1.53. The number of pyridine rings is 1. The van der Waals surface area contributed by atoms with E-state index < -0.39 is 9.84 Å². The number of hydrogen-bond donors (Lipinski definition) is 2. The Balaban J connectivity index is 1.51. The normalized spacial score (nSPS) is 16.9. The number of hydrogen-bond acceptors (Lipinski definition) is 7. The molecule has 1 atom stereocenters. The number of ether oxygens (including phenoxy) is 1. The van der Waals surface area contributed by atoms with E-state index in [4.69, 9.17) is 4.74 Å². The van der Waals surface area contributed by atoms with Crippen molar-refractivity contribution in [3.8, 4) is 5.75 Å². The van der Waals surface area contributed by atoms with E-state index in [2.05, 4.69) is 15.6 Å². The van der Waals surface area contributed by atoms with Gasteiger partial charge in [-0.3, -0.25) is 9.59 Å². The maximum Gasteiger partial charge on any atom is 0.256 e. The Morgan fingerprint density at radius 1 is 1.15 bits per heavy atom. The van der Waals surface area contributed by atoms with Gasteiger partial charge in [-0.1, -0.05) is 42.1 Å². The fourth-order valence-electron chi connectivity index (χ4n) is 3.67. The highest BCUT2D eigenvalue weighted by Gasteiger charge is 2.28. The lowest BCUT2D eigenvalue weighted by Crippen LogP contribution is -2.36. The number of aromatic nitrogens is 1. The summed E-state index contributed by atoms with van der Waals surface area (Å²) in [5, 5.41) is 6.86. The van der Waals surface area contributed by atoms with Gasteiger partial charge in [0.25, 0.3) is 5.91 Å². The maximum atomic E-state index is 13.1. The van der Waals surface area contributed by atoms with E-state index in [9.17, 15) is 18.0 Å². The van der Waals surface area contributed by atoms with Gasteiger partial charge in [-0.05, 0) is 30.7 Å². The van der Waals surface area contributed by atoms with Gasteiger partial charge in [0.1, 0.15) is 5.75 Å². The van der Waals surface area contributed by atoms with E-state index >= 15 is 0 Å². The fraction of sp³-hybridized carbons (Fsp3) is 0.261. The highest BCUT2D eigenvalue weighted by atomic mass is 32.2. The van der Waals surface area contributed by atoms with Gasteiger partial charge in [0.05, 0.1) is 46.2 Å². The number of nitrogens with one attached hydrogen (secondary N) is 2. The summed E-state index contributed by atoms with van der Waals surface area (Å²) in [4.78, 5) is 30.0. The molecule has 10 heteroatoms. The second kappa shape index (κ2) is 9.80. The minimum atomic E-state index is -3.07. The van der Waals surface area contributed by atoms with Crippen LogP contribution in [0.5, 0.6) is 5.75 Å². The summed E-state index contributed by atoms with van der Waals surface area (Å²) < 4.78 is 28.5. The number of sulfone groups is 1. The Labute approximate surface area is 196 Å². The Kier molecular flexibility index (Phi) is 6.85. The fourth-order valence-corrected chi connectivity index (χ4v) is 6.07. The zero-order chi connectivity index (χ0) is 23.4. The molecule has 0 bridgehead atoms. The third-order valence-corrected chi connectivity index (χ3v) is 7.92. The van der Waals surface area contributed by atoms with Crippen molar-refractivity contribution in [1.82, 2.24) is 10.3 Å². The Bertz CT molecular complexity index is 1310. The van der Waals surface area contributed by atoms with Crippen LogP contribution in [0.15, 0.2) is 59.6 Å². The van der Waals surface area contributed by atoms with E-state index in [-0.39, 0.29) is 35.1 Å². The van der Waals surface area contributed by atoms with Gasteiger partial charge in [0.2, 0.25) is 5.91 Å². The summed E-state index contributed by atoms with van der Waals surface area (Å²) >= 11 is 1.19. The van der Waals surface area contributed by atoms with E-state index in [1.165, 1.54) is 18.9 Å². The number of benzene rings is 2. The molecule has 33 heavy (non-hydrogen) atoms. The number of para-hydroxylation sites is 3. The quantitative estimate of drug-likeness (QED) is 0.495. The van der Waals surface area contributed by atoms with Crippen LogP contribution in [0.4, 0.5) is 5.69 Å². The van der Waals surface area contributed by atoms with Crippen LogP contribution >= 0.6 is 11.8 Å². The number of carbonyl (C=O) groups excluding carboxylic acids is 2. The van der Waals surface area contributed by atoms with Crippen molar-refractivity contribution in [2.45, 2.75) is 17.5 Å². The van der Waals surface area contributed by atoms with Crippen LogP contribution in [0.3, 0.4) is 0 Å². The van der Waals surface area contributed by atoms with Gasteiger partial charge in [0.15, 0.2) is 9.84 Å². The molecule has 4 rings (SSSR count). The third kappa shape index (κ3) is 5.63. The summed E-state index contributed by atoms with van der Waals surface area (Å²) in [6, 6.07) is 15.7. The van der Waals surface area contributed by atoms with Crippen molar-refractivity contribution >= 4 is 50.0 Å². The zero-order valence-corrected chi connectivity index (χ0v) is 19.5. The van der Waals surface area contributed by atoms with Gasteiger partial charge in [-0.15, -0.1) is 0 Å². The highest BCUT2D eigenvalue weighted by Crippen LogP contribution is 2.27. The van der Waals surface area contributed by atoms with Gasteiger partial charge in [-0.25, -0.2) is 13.4 Å². The molecule has 0 radical (unpaired) electrons. The number of nitrogens with zero attached hydrogens (tertiary/aromatic N) is 1. The largest absolute Gasteiger partial charge is 0.495 e. The van der Waals surface area contributed by atoms with Crippen LogP contribution in [0.2, 0.25) is 0 Å². The smallest absolute Gasteiger partial charge is 0.256 e. The van der Waals surface area contributed by atoms with Gasteiger partial charge < -0.3 is 15.4 Å². The van der Waals surface area contributed by atoms with E-state index in [1.807, 2.05) is 30.3 Å². The lowest BCUT2D eigenvalue weighted by molar-refractivity contribution is -0.119. The second-order valence-corrected chi connectivity index (χ2v) is 10.9. The third-order valence-electron chi connectivity index (χ3n) is 5.24. The number of thioether (sulfide) groups is 1. The maximum absolute atomic E-state index is 13.1. The first-order valence-corrected chi connectivity index (χ1v) is 13.1. The van der Waals surface area contributed by atoms with Crippen molar-refractivity contribution < 1.29 is 22.7 Å². The predicted molar refractivity (Wildman–Crippen MR) is 129 cm³/mol. The summed E-state index contributed by atoms with van der Waals surface area (Å²) in [5.74, 6) is 0.101. The number of fused-ring (bicyclic) bond motifs is 1. The molecular formula is C23H23N3O5S2. The molecule has 0 unspecified atom stereocenters. The first-order chi connectivity index (χ1) is 15.8. The minimum Gasteiger partial charge on any atom is -0.495 e. The molecule has 0 aliphatic carbocycles. The zero-order valence-electron chi connectivity index (χ0n) is 17.9. The SMILES string of the molecule is COc1ccccc1NC(=O)c1cc(SCC(=O)N[C@@H]2CCS(=O)(=O)C2)nc2ccccc12. The van der Waals surface area contributed by atoms with Crippen LogP contribution in [-0.2, 0) is 14.6 Å². The number of methoxy groups -OCH3 is 1. The molecule has 1 aromatic heterocycles. The molecule has 2 heterocycles. The molecule has 1 aliphatic rings. The van der Waals surface area contributed by atoms with Crippen molar-refractivity contribution in [3.05, 3.63) is 60.2 Å². The molecule has 1 saturated heterocycles. The molecule has 0 saturated carbocycles. The average Bonchev–Trinajstić information content (AvgIpc) is 3.15. The van der Waals surface area contributed by atoms with Crippen LogP contribution in [-0.4, -0.2) is 55.6 Å². The predicted octanol–water partition coefficient (Wildman–Crippen LogP) is 2.89. The van der Waals surface area contributed by atoms with Gasteiger partial charge in [0, 0.05) is 11.4 Å². The molecule has 2 aromatic carbocycles. The lowest BCUT2D eigenvalue weighted by atomic mass is 10.1. The van der Waals surface area contributed by atoms with Crippen molar-refractivity contribution in [3.63, 3.8) is 0 Å². The van der Waals surface area contributed by atoms with E-state index in [0.29, 0.717) is 39.4 Å². The van der Waals surface area contributed by atoms with Crippen molar-refractivity contribution in [2.24, 2.45) is 0 Å². The highest BCUT2D eigenvalue weighted by molar-refractivity contribution is 7.99. The summed E-state index contributed by atoms with van der Waals surface area (Å²) in [6.45, 7) is 0. The number of carbonyl (C=O) groups is 2. The van der Waals surface area contributed by atoms with Crippen molar-refractivity contribution in [1.29, 1.82) is 0 Å². The summed E-state index contributed by atoms with van der Waals surface area (Å²) in [6.07, 6.45) is 0.431. The molecule has 3 aromatic rings. The minimum absolute atomic E-state index is 0.0229. The monoisotopic (exact) mass is 485 g/mol. The van der Waals surface area contributed by atoms with Gasteiger partial charge >= 0.3 is 0 Å². The first-order valence-electron chi connectivity index (χ1n) is 10.3. The molecular weight excluding hydrogens is 462 g/mol. The Morgan fingerprint density at radius 2 is 1.91 bits per heavy atom. The second-order valence-electron chi connectivity index (χ2n) is 7.64. The Morgan fingerprint density at radius 3 is 2.67 bits per heavy atom. The number of rotatable bonds is 7. The molecule has 2 N–H and O–H groups in total. The molecule has 2 amide bonds. The van der Waals surface area contributed by atoms with Gasteiger partial charge in [-0.2, -0.15) is 0 Å². The molecule has 172 valence electrons. The van der Waals surface area contributed by atoms with E-state index in [0.717, 1.165) is 0 Å². The lowest BCUT2D eigenvalue weighted by Gasteiger charge is -2.13. The van der Waals surface area contributed by atoms with Crippen LogP contribution < -0.4 is 15.4 Å². The van der Waals surface area contributed by atoms with Crippen LogP contribution in [0.1, 0.15) is 16.8 Å². The Hall–Kier alpha value is -3.11. The molecule has 8 nitrogen and oxygen atoms in total. The topological polar surface area (TPSA) is 114 Å². The van der Waals surface area contributed by atoms with Crippen molar-refractivity contribution in [2.75, 3.05) is 29.7 Å². The average molecular weight is 486 g/mol. The molecule has 0 spiro atoms. The van der Waals surface area contributed by atoms with Crippen LogP contribution in [0, 0.1) is 0 Å².